The second-order valence-corrected chi connectivity index (χ2v) is 2.21. The molecule has 0 saturated heterocycles. The Morgan fingerprint density at radius 1 is 1.38 bits per heavy atom. The van der Waals surface area contributed by atoms with Gasteiger partial charge in [-0.15, -0.1) is 0 Å². The first-order chi connectivity index (χ1) is 6.06. The first-order valence-electron chi connectivity index (χ1n) is 3.34. The number of aromatic nitrogens is 2. The average molecular weight is 185 g/mol. The third-order valence-electron chi connectivity index (χ3n) is 1.37. The SMILES string of the molecule is CNC(=O)c1[nH]c(=O)[nH]c(=O)c1O. The molecule has 0 aliphatic heterocycles. The van der Waals surface area contributed by atoms with Gasteiger partial charge >= 0.3 is 5.69 Å². The first-order valence-corrected chi connectivity index (χ1v) is 3.34. The van der Waals surface area contributed by atoms with Gasteiger partial charge in [0.05, 0.1) is 0 Å². The molecular formula is C6H7N3O4. The topological polar surface area (TPSA) is 115 Å². The maximum absolute atomic E-state index is 10.9. The molecule has 0 bridgehead atoms. The normalized spacial score (nSPS) is 9.62. The van der Waals surface area contributed by atoms with Gasteiger partial charge in [-0.2, -0.15) is 0 Å². The monoisotopic (exact) mass is 185 g/mol. The van der Waals surface area contributed by atoms with E-state index in [4.69, 9.17) is 5.11 Å². The summed E-state index contributed by atoms with van der Waals surface area (Å²) in [5.41, 5.74) is -2.29. The highest BCUT2D eigenvalue weighted by molar-refractivity contribution is 5.94. The molecule has 4 N–H and O–H groups in total. The van der Waals surface area contributed by atoms with Crippen molar-refractivity contribution < 1.29 is 9.90 Å². The fourth-order valence-electron chi connectivity index (χ4n) is 0.769. The number of hydrogen-bond donors (Lipinski definition) is 4. The van der Waals surface area contributed by atoms with Crippen LogP contribution >= 0.6 is 0 Å². The molecule has 0 aromatic carbocycles. The molecule has 0 radical (unpaired) electrons. The highest BCUT2D eigenvalue weighted by Crippen LogP contribution is 2.02. The van der Waals surface area contributed by atoms with E-state index in [1.807, 2.05) is 4.98 Å². The first kappa shape index (κ1) is 9.04. The predicted octanol–water partition coefficient (Wildman–Crippen LogP) is -1.87. The molecular weight excluding hydrogens is 178 g/mol. The molecule has 1 rings (SSSR count). The molecule has 13 heavy (non-hydrogen) atoms. The Morgan fingerprint density at radius 2 is 2.00 bits per heavy atom. The molecule has 1 aromatic heterocycles. The van der Waals surface area contributed by atoms with Gasteiger partial charge < -0.3 is 10.4 Å². The van der Waals surface area contributed by atoms with E-state index in [0.717, 1.165) is 0 Å². The summed E-state index contributed by atoms with van der Waals surface area (Å²) in [4.78, 5) is 36.2. The molecule has 0 aliphatic rings. The Bertz CT molecular complexity index is 444. The van der Waals surface area contributed by atoms with E-state index >= 15 is 0 Å². The molecule has 0 unspecified atom stereocenters. The van der Waals surface area contributed by atoms with E-state index in [-0.39, 0.29) is 0 Å². The number of amides is 1. The minimum absolute atomic E-state index is 0.448. The Labute approximate surface area is 71.4 Å². The van der Waals surface area contributed by atoms with Gasteiger partial charge in [0.2, 0.25) is 5.75 Å². The minimum atomic E-state index is -0.998. The standard InChI is InChI=1S/C6H7N3O4/c1-7-4(11)2-3(10)5(12)9-6(13)8-2/h10H,1H3,(H,7,11)(H2,8,9,12,13). The van der Waals surface area contributed by atoms with Crippen LogP contribution in [0.4, 0.5) is 0 Å². The number of carbonyl (C=O) groups excluding carboxylic acids is 1. The summed E-state index contributed by atoms with van der Waals surface area (Å²) in [5, 5.41) is 11.2. The lowest BCUT2D eigenvalue weighted by Crippen LogP contribution is -2.29. The van der Waals surface area contributed by atoms with Crippen molar-refractivity contribution in [3.63, 3.8) is 0 Å². The average Bonchev–Trinajstić information content (AvgIpc) is 2.10. The summed E-state index contributed by atoms with van der Waals surface area (Å²) >= 11 is 0. The predicted molar refractivity (Wildman–Crippen MR) is 42.7 cm³/mol. The molecule has 0 saturated carbocycles. The van der Waals surface area contributed by atoms with Gasteiger partial charge in [-0.1, -0.05) is 0 Å². The zero-order valence-corrected chi connectivity index (χ0v) is 6.67. The lowest BCUT2D eigenvalue weighted by Gasteiger charge is -1.99. The number of H-pyrrole nitrogens is 2. The van der Waals surface area contributed by atoms with Crippen LogP contribution in [0, 0.1) is 0 Å². The van der Waals surface area contributed by atoms with E-state index in [9.17, 15) is 14.4 Å². The van der Waals surface area contributed by atoms with E-state index in [1.165, 1.54) is 7.05 Å². The van der Waals surface area contributed by atoms with E-state index in [0.29, 0.717) is 0 Å². The number of carbonyl (C=O) groups is 1. The minimum Gasteiger partial charge on any atom is -0.501 e. The quantitative estimate of drug-likeness (QED) is 0.410. The molecule has 7 heteroatoms. The van der Waals surface area contributed by atoms with Crippen LogP contribution in [0.15, 0.2) is 9.59 Å². The fraction of sp³-hybridized carbons (Fsp3) is 0.167. The maximum atomic E-state index is 10.9. The number of rotatable bonds is 1. The van der Waals surface area contributed by atoms with Crippen molar-refractivity contribution in [2.45, 2.75) is 0 Å². The highest BCUT2D eigenvalue weighted by Gasteiger charge is 2.13. The summed E-state index contributed by atoms with van der Waals surface area (Å²) in [6.07, 6.45) is 0. The molecule has 1 aromatic rings. The van der Waals surface area contributed by atoms with Crippen LogP contribution in [0.1, 0.15) is 10.5 Å². The van der Waals surface area contributed by atoms with Crippen LogP contribution in [-0.4, -0.2) is 28.0 Å². The zero-order valence-electron chi connectivity index (χ0n) is 6.67. The Balaban J connectivity index is 3.46. The number of hydrogen-bond acceptors (Lipinski definition) is 4. The van der Waals surface area contributed by atoms with Crippen LogP contribution in [-0.2, 0) is 0 Å². The molecule has 0 spiro atoms. The summed E-state index contributed by atoms with van der Waals surface area (Å²) < 4.78 is 0. The molecule has 1 heterocycles. The second kappa shape index (κ2) is 3.13. The van der Waals surface area contributed by atoms with Crippen LogP contribution in [0.5, 0.6) is 5.75 Å². The van der Waals surface area contributed by atoms with Gasteiger partial charge in [-0.3, -0.25) is 19.6 Å². The summed E-state index contributed by atoms with van der Waals surface area (Å²) in [5.74, 6) is -1.54. The number of nitrogens with one attached hydrogen (secondary N) is 3. The zero-order chi connectivity index (χ0) is 10.0. The van der Waals surface area contributed by atoms with Crippen LogP contribution < -0.4 is 16.6 Å². The third-order valence-corrected chi connectivity index (χ3v) is 1.37. The van der Waals surface area contributed by atoms with Gasteiger partial charge in [0, 0.05) is 7.05 Å². The van der Waals surface area contributed by atoms with Crippen LogP contribution in [0.25, 0.3) is 0 Å². The van der Waals surface area contributed by atoms with Gasteiger partial charge in [0.25, 0.3) is 11.5 Å². The molecule has 70 valence electrons. The molecule has 0 fully saturated rings. The van der Waals surface area contributed by atoms with Crippen molar-refractivity contribution in [3.05, 3.63) is 26.5 Å². The molecule has 7 nitrogen and oxygen atoms in total. The number of aromatic amines is 2. The summed E-state index contributed by atoms with van der Waals surface area (Å²) in [6, 6.07) is 0. The lowest BCUT2D eigenvalue weighted by molar-refractivity contribution is 0.0954. The second-order valence-electron chi connectivity index (χ2n) is 2.21. The summed E-state index contributed by atoms with van der Waals surface area (Å²) in [6.45, 7) is 0. The van der Waals surface area contributed by atoms with E-state index < -0.39 is 28.6 Å². The van der Waals surface area contributed by atoms with Crippen molar-refractivity contribution in [2.75, 3.05) is 7.05 Å². The molecule has 0 aliphatic carbocycles. The lowest BCUT2D eigenvalue weighted by atomic mass is 10.3. The molecule has 1 amide bonds. The molecule has 0 atom stereocenters. The van der Waals surface area contributed by atoms with Crippen molar-refractivity contribution in [1.29, 1.82) is 0 Å². The maximum Gasteiger partial charge on any atom is 0.326 e. The Kier molecular flexibility index (Phi) is 2.18. The van der Waals surface area contributed by atoms with Crippen LogP contribution in [0.3, 0.4) is 0 Å². The van der Waals surface area contributed by atoms with Gasteiger partial charge in [0.1, 0.15) is 0 Å². The van der Waals surface area contributed by atoms with E-state index in [2.05, 4.69) is 5.32 Å². The smallest absolute Gasteiger partial charge is 0.326 e. The van der Waals surface area contributed by atoms with Gasteiger partial charge in [-0.25, -0.2) is 4.79 Å². The van der Waals surface area contributed by atoms with Gasteiger partial charge in [0.15, 0.2) is 5.69 Å². The highest BCUT2D eigenvalue weighted by atomic mass is 16.3. The van der Waals surface area contributed by atoms with Crippen molar-refractivity contribution in [1.82, 2.24) is 15.3 Å². The Morgan fingerprint density at radius 3 is 2.54 bits per heavy atom. The van der Waals surface area contributed by atoms with Crippen molar-refractivity contribution in [3.8, 4) is 5.75 Å². The van der Waals surface area contributed by atoms with E-state index in [1.54, 1.807) is 4.98 Å². The summed E-state index contributed by atoms with van der Waals surface area (Å²) in [7, 11) is 1.31. The Hall–Kier alpha value is -2.05. The largest absolute Gasteiger partial charge is 0.501 e. The third kappa shape index (κ3) is 1.58. The van der Waals surface area contributed by atoms with Gasteiger partial charge in [-0.05, 0) is 0 Å². The number of aromatic hydroxyl groups is 1. The fourth-order valence-corrected chi connectivity index (χ4v) is 0.769. The van der Waals surface area contributed by atoms with Crippen molar-refractivity contribution >= 4 is 5.91 Å². The van der Waals surface area contributed by atoms with Crippen LogP contribution in [0.2, 0.25) is 0 Å². The van der Waals surface area contributed by atoms with Crippen molar-refractivity contribution in [2.24, 2.45) is 0 Å².